The molecule has 1 N–H and O–H groups in total. The lowest BCUT2D eigenvalue weighted by molar-refractivity contribution is 0.278. The van der Waals surface area contributed by atoms with Crippen LogP contribution >= 0.6 is 0 Å². The van der Waals surface area contributed by atoms with Crippen molar-refractivity contribution in [3.8, 4) is 5.75 Å². The van der Waals surface area contributed by atoms with Crippen LogP contribution < -0.4 is 10.1 Å². The molecule has 84 valence electrons. The first-order chi connectivity index (χ1) is 7.93. The Hall–Kier alpha value is -1.28. The number of fused-ring (bicyclic) bond motifs is 1. The molecule has 0 aliphatic carbocycles. The lowest BCUT2D eigenvalue weighted by Crippen LogP contribution is -2.13. The minimum atomic E-state index is 0.555. The molecule has 1 aromatic carbocycles. The molecule has 2 aliphatic rings. The Morgan fingerprint density at radius 1 is 1.31 bits per heavy atom. The molecule has 2 nitrogen and oxygen atoms in total. The van der Waals surface area contributed by atoms with Gasteiger partial charge in [-0.25, -0.2) is 0 Å². The summed E-state index contributed by atoms with van der Waals surface area (Å²) < 4.78 is 5.67. The Morgan fingerprint density at radius 3 is 3.12 bits per heavy atom. The largest absolute Gasteiger partial charge is 0.493 e. The van der Waals surface area contributed by atoms with Crippen molar-refractivity contribution in [2.24, 2.45) is 0 Å². The first-order valence-corrected chi connectivity index (χ1v) is 6.05. The third-order valence-corrected chi connectivity index (χ3v) is 3.42. The highest BCUT2D eigenvalue weighted by atomic mass is 16.5. The number of rotatable bonds is 1. The van der Waals surface area contributed by atoms with Crippen LogP contribution in [0, 0.1) is 0 Å². The fourth-order valence-corrected chi connectivity index (χ4v) is 2.56. The van der Waals surface area contributed by atoms with Gasteiger partial charge in [-0.1, -0.05) is 29.8 Å². The Kier molecular flexibility index (Phi) is 2.66. The van der Waals surface area contributed by atoms with Crippen molar-refractivity contribution >= 4 is 0 Å². The van der Waals surface area contributed by atoms with Crippen molar-refractivity contribution in [3.05, 3.63) is 41.5 Å². The molecule has 0 spiro atoms. The van der Waals surface area contributed by atoms with E-state index in [-0.39, 0.29) is 0 Å². The van der Waals surface area contributed by atoms with Gasteiger partial charge in [-0.2, -0.15) is 0 Å². The Morgan fingerprint density at radius 2 is 2.25 bits per heavy atom. The van der Waals surface area contributed by atoms with Gasteiger partial charge in [-0.05, 0) is 25.5 Å². The van der Waals surface area contributed by atoms with Crippen LogP contribution in [0.25, 0.3) is 0 Å². The molecule has 1 fully saturated rings. The van der Waals surface area contributed by atoms with Crippen molar-refractivity contribution in [3.63, 3.8) is 0 Å². The molecular formula is C14H17NO. The second-order valence-corrected chi connectivity index (χ2v) is 4.53. The lowest BCUT2D eigenvalue weighted by atomic mass is 9.91. The summed E-state index contributed by atoms with van der Waals surface area (Å²) in [7, 11) is 0. The van der Waals surface area contributed by atoms with Crippen LogP contribution in [0.1, 0.15) is 24.3 Å². The molecule has 1 atom stereocenters. The van der Waals surface area contributed by atoms with Gasteiger partial charge in [0.25, 0.3) is 0 Å². The average molecular weight is 215 g/mol. The summed E-state index contributed by atoms with van der Waals surface area (Å²) >= 11 is 0. The summed E-state index contributed by atoms with van der Waals surface area (Å²) in [6, 6.07) is 8.42. The van der Waals surface area contributed by atoms with E-state index in [1.165, 1.54) is 12.0 Å². The first-order valence-electron chi connectivity index (χ1n) is 6.05. The molecule has 1 aromatic rings. The summed E-state index contributed by atoms with van der Waals surface area (Å²) in [5, 5.41) is 3.39. The number of para-hydroxylation sites is 1. The molecule has 3 rings (SSSR count). The smallest absolute Gasteiger partial charge is 0.123 e. The maximum atomic E-state index is 5.67. The third-order valence-electron chi connectivity index (χ3n) is 3.42. The van der Waals surface area contributed by atoms with Gasteiger partial charge in [-0.3, -0.25) is 0 Å². The van der Waals surface area contributed by atoms with E-state index in [1.807, 2.05) is 6.07 Å². The molecular weight excluding hydrogens is 198 g/mol. The van der Waals surface area contributed by atoms with E-state index in [2.05, 4.69) is 29.6 Å². The van der Waals surface area contributed by atoms with Gasteiger partial charge in [0.05, 0.1) is 6.61 Å². The summed E-state index contributed by atoms with van der Waals surface area (Å²) in [6.45, 7) is 3.05. The van der Waals surface area contributed by atoms with E-state index in [0.29, 0.717) is 5.92 Å². The van der Waals surface area contributed by atoms with E-state index in [1.54, 1.807) is 5.57 Å². The van der Waals surface area contributed by atoms with Crippen molar-refractivity contribution in [1.29, 1.82) is 0 Å². The fraction of sp³-hybridized carbons (Fsp3) is 0.429. The van der Waals surface area contributed by atoms with Crippen LogP contribution in [0.15, 0.2) is 35.9 Å². The normalized spacial score (nSPS) is 26.5. The van der Waals surface area contributed by atoms with Gasteiger partial charge in [-0.15, -0.1) is 0 Å². The number of ether oxygens (including phenoxy) is 1. The number of hydrogen-bond donors (Lipinski definition) is 1. The SMILES string of the molecule is C(=C1\CCNC1)/C1CCOc2ccccc21. The predicted molar refractivity (Wildman–Crippen MR) is 64.9 cm³/mol. The monoisotopic (exact) mass is 215 g/mol. The van der Waals surface area contributed by atoms with E-state index < -0.39 is 0 Å². The van der Waals surface area contributed by atoms with Crippen LogP contribution in [0.4, 0.5) is 0 Å². The van der Waals surface area contributed by atoms with Crippen molar-refractivity contribution in [1.82, 2.24) is 5.32 Å². The molecule has 0 saturated carbocycles. The van der Waals surface area contributed by atoms with Gasteiger partial charge in [0.15, 0.2) is 0 Å². The molecule has 16 heavy (non-hydrogen) atoms. The summed E-state index contributed by atoms with van der Waals surface area (Å²) in [6.07, 6.45) is 4.77. The number of benzene rings is 1. The van der Waals surface area contributed by atoms with E-state index in [9.17, 15) is 0 Å². The van der Waals surface area contributed by atoms with Crippen LogP contribution in [0.2, 0.25) is 0 Å². The van der Waals surface area contributed by atoms with Crippen LogP contribution in [-0.4, -0.2) is 19.7 Å². The zero-order chi connectivity index (χ0) is 10.8. The van der Waals surface area contributed by atoms with Gasteiger partial charge in [0, 0.05) is 18.0 Å². The van der Waals surface area contributed by atoms with Gasteiger partial charge in [0.1, 0.15) is 5.75 Å². The van der Waals surface area contributed by atoms with E-state index in [4.69, 9.17) is 4.74 Å². The van der Waals surface area contributed by atoms with Gasteiger partial charge >= 0.3 is 0 Å². The van der Waals surface area contributed by atoms with Crippen LogP contribution in [0.5, 0.6) is 5.75 Å². The first kappa shape index (κ1) is 9.91. The molecule has 2 heteroatoms. The average Bonchev–Trinajstić information content (AvgIpc) is 2.82. The third kappa shape index (κ3) is 1.85. The van der Waals surface area contributed by atoms with E-state index in [0.717, 1.165) is 31.9 Å². The molecule has 0 aromatic heterocycles. The second-order valence-electron chi connectivity index (χ2n) is 4.53. The number of nitrogens with one attached hydrogen (secondary N) is 1. The highest BCUT2D eigenvalue weighted by Crippen LogP contribution is 2.35. The quantitative estimate of drug-likeness (QED) is 0.727. The van der Waals surface area contributed by atoms with Crippen LogP contribution in [0.3, 0.4) is 0 Å². The minimum absolute atomic E-state index is 0.555. The number of allylic oxidation sites excluding steroid dienone is 1. The van der Waals surface area contributed by atoms with Crippen LogP contribution in [-0.2, 0) is 0 Å². The summed E-state index contributed by atoms with van der Waals surface area (Å²) in [5.74, 6) is 1.63. The Balaban J connectivity index is 1.89. The Labute approximate surface area is 96.3 Å². The maximum absolute atomic E-state index is 5.67. The summed E-state index contributed by atoms with van der Waals surface area (Å²) in [4.78, 5) is 0. The maximum Gasteiger partial charge on any atom is 0.123 e. The zero-order valence-corrected chi connectivity index (χ0v) is 9.41. The fourth-order valence-electron chi connectivity index (χ4n) is 2.56. The zero-order valence-electron chi connectivity index (χ0n) is 9.41. The van der Waals surface area contributed by atoms with Crippen molar-refractivity contribution in [2.45, 2.75) is 18.8 Å². The molecule has 0 bridgehead atoms. The van der Waals surface area contributed by atoms with Gasteiger partial charge in [0.2, 0.25) is 0 Å². The molecule has 2 aliphatic heterocycles. The standard InChI is InChI=1S/C14H17NO/c1-2-4-14-13(3-1)12(6-8-16-14)9-11-5-7-15-10-11/h1-4,9,12,15H,5-8,10H2/b11-9-. The number of hydrogen-bond acceptors (Lipinski definition) is 2. The van der Waals surface area contributed by atoms with E-state index >= 15 is 0 Å². The highest BCUT2D eigenvalue weighted by molar-refractivity contribution is 5.40. The molecule has 2 heterocycles. The van der Waals surface area contributed by atoms with Crippen molar-refractivity contribution < 1.29 is 4.74 Å². The lowest BCUT2D eigenvalue weighted by Gasteiger charge is -2.24. The second kappa shape index (κ2) is 4.30. The minimum Gasteiger partial charge on any atom is -0.493 e. The predicted octanol–water partition coefficient (Wildman–Crippen LogP) is 2.47. The highest BCUT2D eigenvalue weighted by Gasteiger charge is 2.20. The molecule has 1 saturated heterocycles. The molecule has 1 unspecified atom stereocenters. The summed E-state index contributed by atoms with van der Waals surface area (Å²) in [5.41, 5.74) is 2.91. The molecule has 0 amide bonds. The van der Waals surface area contributed by atoms with Crippen molar-refractivity contribution in [2.75, 3.05) is 19.7 Å². The van der Waals surface area contributed by atoms with Gasteiger partial charge < -0.3 is 10.1 Å². The topological polar surface area (TPSA) is 21.3 Å². The molecule has 0 radical (unpaired) electrons. The Bertz CT molecular complexity index is 403.